The van der Waals surface area contributed by atoms with E-state index in [1.807, 2.05) is 0 Å². The predicted molar refractivity (Wildman–Crippen MR) is 78.3 cm³/mol. The molecule has 0 bridgehead atoms. The van der Waals surface area contributed by atoms with E-state index in [1.165, 1.54) is 6.42 Å². The molecule has 19 heavy (non-hydrogen) atoms. The normalized spacial score (nSPS) is 20.5. The van der Waals surface area contributed by atoms with Gasteiger partial charge in [-0.1, -0.05) is 13.8 Å². The van der Waals surface area contributed by atoms with Crippen molar-refractivity contribution in [2.24, 2.45) is 11.8 Å². The van der Waals surface area contributed by atoms with Crippen LogP contribution in [-0.4, -0.2) is 23.6 Å². The standard InChI is InChI=1S/C15H27N3O/c1-11(2)12-6-7-18(9-12)14-17-13(10-19-14)8-16-15(3,4)5/h10-12,16H,6-9H2,1-5H3. The Morgan fingerprint density at radius 2 is 2.21 bits per heavy atom. The predicted octanol–water partition coefficient (Wildman–Crippen LogP) is 3.05. The van der Waals surface area contributed by atoms with Crippen molar-refractivity contribution in [1.82, 2.24) is 10.3 Å². The topological polar surface area (TPSA) is 41.3 Å². The minimum absolute atomic E-state index is 0.107. The Morgan fingerprint density at radius 3 is 2.79 bits per heavy atom. The average Bonchev–Trinajstić information content (AvgIpc) is 2.94. The van der Waals surface area contributed by atoms with Gasteiger partial charge in [-0.15, -0.1) is 0 Å². The molecule has 1 atom stereocenters. The van der Waals surface area contributed by atoms with E-state index < -0.39 is 0 Å². The largest absolute Gasteiger partial charge is 0.432 e. The average molecular weight is 265 g/mol. The van der Waals surface area contributed by atoms with Crippen LogP contribution in [0.1, 0.15) is 46.7 Å². The van der Waals surface area contributed by atoms with Gasteiger partial charge in [0.1, 0.15) is 6.26 Å². The van der Waals surface area contributed by atoms with Crippen LogP contribution in [0.5, 0.6) is 0 Å². The van der Waals surface area contributed by atoms with Crippen LogP contribution in [0.2, 0.25) is 0 Å². The lowest BCUT2D eigenvalue weighted by molar-refractivity contribution is 0.420. The van der Waals surface area contributed by atoms with Crippen molar-refractivity contribution in [2.45, 2.75) is 53.1 Å². The van der Waals surface area contributed by atoms with E-state index in [2.05, 4.69) is 49.8 Å². The van der Waals surface area contributed by atoms with E-state index in [4.69, 9.17) is 4.42 Å². The fourth-order valence-electron chi connectivity index (χ4n) is 2.38. The molecule has 0 aromatic carbocycles. The zero-order valence-electron chi connectivity index (χ0n) is 12.9. The maximum Gasteiger partial charge on any atom is 0.297 e. The molecule has 1 aromatic heterocycles. The molecule has 0 radical (unpaired) electrons. The van der Waals surface area contributed by atoms with Crippen LogP contribution < -0.4 is 10.2 Å². The Kier molecular flexibility index (Phi) is 4.19. The van der Waals surface area contributed by atoms with Gasteiger partial charge in [-0.2, -0.15) is 4.98 Å². The highest BCUT2D eigenvalue weighted by molar-refractivity contribution is 5.29. The monoisotopic (exact) mass is 265 g/mol. The smallest absolute Gasteiger partial charge is 0.297 e. The van der Waals surface area contributed by atoms with E-state index in [9.17, 15) is 0 Å². The molecule has 0 amide bonds. The molecular weight excluding hydrogens is 238 g/mol. The SMILES string of the molecule is CC(C)C1CCN(c2nc(CNC(C)(C)C)co2)C1. The highest BCUT2D eigenvalue weighted by Crippen LogP contribution is 2.27. The second-order valence-electron chi connectivity index (χ2n) is 6.96. The quantitative estimate of drug-likeness (QED) is 0.908. The van der Waals surface area contributed by atoms with Crippen LogP contribution in [-0.2, 0) is 6.54 Å². The van der Waals surface area contributed by atoms with Crippen LogP contribution in [0.25, 0.3) is 0 Å². The van der Waals surface area contributed by atoms with Gasteiger partial charge < -0.3 is 14.6 Å². The number of aromatic nitrogens is 1. The van der Waals surface area contributed by atoms with Crippen LogP contribution in [0.15, 0.2) is 10.7 Å². The number of anilines is 1. The second kappa shape index (κ2) is 5.53. The number of nitrogens with zero attached hydrogens (tertiary/aromatic N) is 2. The molecule has 1 aliphatic heterocycles. The maximum absolute atomic E-state index is 5.62. The molecular formula is C15H27N3O. The van der Waals surface area contributed by atoms with Crippen LogP contribution in [0.3, 0.4) is 0 Å². The third-order valence-electron chi connectivity index (χ3n) is 3.78. The van der Waals surface area contributed by atoms with E-state index in [-0.39, 0.29) is 5.54 Å². The Labute approximate surface area is 116 Å². The molecule has 4 heteroatoms. The highest BCUT2D eigenvalue weighted by atomic mass is 16.4. The number of oxazole rings is 1. The molecule has 0 aliphatic carbocycles. The van der Waals surface area contributed by atoms with E-state index in [1.54, 1.807) is 6.26 Å². The van der Waals surface area contributed by atoms with Crippen molar-refractivity contribution in [3.63, 3.8) is 0 Å². The van der Waals surface area contributed by atoms with E-state index >= 15 is 0 Å². The Hall–Kier alpha value is -1.03. The van der Waals surface area contributed by atoms with Gasteiger partial charge in [0, 0.05) is 25.2 Å². The van der Waals surface area contributed by atoms with Gasteiger partial charge in [-0.3, -0.25) is 0 Å². The summed E-state index contributed by atoms with van der Waals surface area (Å²) in [5.74, 6) is 1.50. The van der Waals surface area contributed by atoms with E-state index in [0.717, 1.165) is 43.2 Å². The Morgan fingerprint density at radius 1 is 1.47 bits per heavy atom. The van der Waals surface area contributed by atoms with Crippen molar-refractivity contribution in [3.8, 4) is 0 Å². The molecule has 1 aliphatic rings. The summed E-state index contributed by atoms with van der Waals surface area (Å²) in [6, 6.07) is 0.786. The number of hydrogen-bond acceptors (Lipinski definition) is 4. The molecule has 2 rings (SSSR count). The van der Waals surface area contributed by atoms with Gasteiger partial charge in [0.25, 0.3) is 6.01 Å². The minimum atomic E-state index is 0.107. The first kappa shape index (κ1) is 14.4. The fourth-order valence-corrected chi connectivity index (χ4v) is 2.38. The molecule has 4 nitrogen and oxygen atoms in total. The Bertz CT molecular complexity index is 406. The zero-order chi connectivity index (χ0) is 14.0. The Balaban J connectivity index is 1.91. The summed E-state index contributed by atoms with van der Waals surface area (Å²) in [6.45, 7) is 13.9. The van der Waals surface area contributed by atoms with Crippen molar-refractivity contribution < 1.29 is 4.42 Å². The summed E-state index contributed by atoms with van der Waals surface area (Å²) in [5.41, 5.74) is 1.09. The second-order valence-corrected chi connectivity index (χ2v) is 6.96. The van der Waals surface area contributed by atoms with Crippen LogP contribution in [0, 0.1) is 11.8 Å². The first-order chi connectivity index (χ1) is 8.85. The third kappa shape index (κ3) is 3.96. The molecule has 2 heterocycles. The highest BCUT2D eigenvalue weighted by Gasteiger charge is 2.27. The number of hydrogen-bond donors (Lipinski definition) is 1. The van der Waals surface area contributed by atoms with Gasteiger partial charge in [-0.25, -0.2) is 0 Å². The van der Waals surface area contributed by atoms with Crippen molar-refractivity contribution >= 4 is 6.01 Å². The summed E-state index contributed by atoms with van der Waals surface area (Å²) in [7, 11) is 0. The van der Waals surface area contributed by atoms with Gasteiger partial charge >= 0.3 is 0 Å². The van der Waals surface area contributed by atoms with Crippen LogP contribution in [0.4, 0.5) is 6.01 Å². The lowest BCUT2D eigenvalue weighted by Gasteiger charge is -2.19. The number of rotatable bonds is 4. The molecule has 0 saturated carbocycles. The van der Waals surface area contributed by atoms with Crippen molar-refractivity contribution in [1.29, 1.82) is 0 Å². The molecule has 1 fully saturated rings. The summed E-state index contributed by atoms with van der Waals surface area (Å²) < 4.78 is 5.62. The zero-order valence-corrected chi connectivity index (χ0v) is 12.9. The molecule has 1 unspecified atom stereocenters. The maximum atomic E-state index is 5.62. The lowest BCUT2D eigenvalue weighted by atomic mass is 9.95. The first-order valence-electron chi connectivity index (χ1n) is 7.29. The molecule has 0 spiro atoms. The van der Waals surface area contributed by atoms with Gasteiger partial charge in [0.2, 0.25) is 0 Å². The minimum Gasteiger partial charge on any atom is -0.432 e. The third-order valence-corrected chi connectivity index (χ3v) is 3.78. The molecule has 108 valence electrons. The number of nitrogens with one attached hydrogen (secondary N) is 1. The van der Waals surface area contributed by atoms with Gasteiger partial charge in [0.15, 0.2) is 0 Å². The van der Waals surface area contributed by atoms with Crippen LogP contribution >= 0.6 is 0 Å². The summed E-state index contributed by atoms with van der Waals surface area (Å²) >= 11 is 0. The van der Waals surface area contributed by atoms with Gasteiger partial charge in [-0.05, 0) is 39.0 Å². The first-order valence-corrected chi connectivity index (χ1v) is 7.29. The lowest BCUT2D eigenvalue weighted by Crippen LogP contribution is -2.35. The molecule has 1 aromatic rings. The van der Waals surface area contributed by atoms with E-state index in [0.29, 0.717) is 0 Å². The van der Waals surface area contributed by atoms with Crippen molar-refractivity contribution in [3.05, 3.63) is 12.0 Å². The molecule has 1 saturated heterocycles. The van der Waals surface area contributed by atoms with Crippen molar-refractivity contribution in [2.75, 3.05) is 18.0 Å². The molecule has 1 N–H and O–H groups in total. The van der Waals surface area contributed by atoms with Gasteiger partial charge in [0.05, 0.1) is 5.69 Å². The summed E-state index contributed by atoms with van der Waals surface area (Å²) in [5, 5.41) is 3.43. The summed E-state index contributed by atoms with van der Waals surface area (Å²) in [6.07, 6.45) is 3.02. The summed E-state index contributed by atoms with van der Waals surface area (Å²) in [4.78, 5) is 6.85. The fraction of sp³-hybridized carbons (Fsp3) is 0.800.